The molecule has 0 aromatic heterocycles. The molecule has 1 fully saturated rings. The Labute approximate surface area is 262 Å². The Balaban J connectivity index is 0.000000282. The summed E-state index contributed by atoms with van der Waals surface area (Å²) in [5.74, 6) is 2.06. The normalized spacial score (nSPS) is 12.0. The second kappa shape index (κ2) is 17.3. The van der Waals surface area contributed by atoms with E-state index >= 15 is 0 Å². The van der Waals surface area contributed by atoms with Crippen LogP contribution in [0.15, 0.2) is 97.1 Å². The maximum atomic E-state index is 9.30. The quantitative estimate of drug-likeness (QED) is 0.147. The highest BCUT2D eigenvalue weighted by Gasteiger charge is 2.24. The highest BCUT2D eigenvalue weighted by Crippen LogP contribution is 2.34. The number of hydrogen-bond acceptors (Lipinski definition) is 7. The van der Waals surface area contributed by atoms with Crippen LogP contribution in [0.3, 0.4) is 0 Å². The molecule has 0 atom stereocenters. The van der Waals surface area contributed by atoms with Gasteiger partial charge in [-0.2, -0.15) is 0 Å². The minimum absolute atomic E-state index is 0. The molecule has 1 aliphatic rings. The van der Waals surface area contributed by atoms with Gasteiger partial charge >= 0.3 is 0 Å². The van der Waals surface area contributed by atoms with Crippen LogP contribution in [0.2, 0.25) is 0 Å². The maximum Gasteiger partial charge on any atom is 0.119 e. The molecule has 5 rings (SSSR count). The predicted molar refractivity (Wildman–Crippen MR) is 176 cm³/mol. The van der Waals surface area contributed by atoms with E-state index in [1.165, 1.54) is 11.1 Å². The van der Waals surface area contributed by atoms with Crippen LogP contribution in [0, 0.1) is 0 Å². The average Bonchev–Trinajstić information content (AvgIpc) is 3.90. The molecule has 7 heteroatoms. The second-order valence-electron chi connectivity index (χ2n) is 11.1. The topological polar surface area (TPSA) is 112 Å². The van der Waals surface area contributed by atoms with Gasteiger partial charge in [-0.05, 0) is 70.8 Å². The van der Waals surface area contributed by atoms with Crippen molar-refractivity contribution in [1.29, 1.82) is 0 Å². The molecule has 1 saturated heterocycles. The molecular formula is C37H48O7. The lowest BCUT2D eigenvalue weighted by Crippen LogP contribution is -2.18. The fourth-order valence-electron chi connectivity index (χ4n) is 4.35. The van der Waals surface area contributed by atoms with Crippen molar-refractivity contribution >= 4 is 0 Å². The molecular weight excluding hydrogens is 556 g/mol. The van der Waals surface area contributed by atoms with Gasteiger partial charge in [-0.3, -0.25) is 0 Å². The standard InChI is InChI=1S/C19H24O4.C15H16O2.C2H4O.CH4/c1-19(2,15-3-7-17(8-4-15)22-13-11-20)16-5-9-18(10-6-16)23-14-12-21;1-15(2,11-3-7-13(16)8-4-11)12-5-9-14(17)10-6-12;1-2-3-1;/h3-10,20-21H,11-14H2,1-2H3;3-10,16-17H,1-2H3;1-2H2;1H4. The summed E-state index contributed by atoms with van der Waals surface area (Å²) in [4.78, 5) is 0. The van der Waals surface area contributed by atoms with Crippen LogP contribution in [0.5, 0.6) is 23.0 Å². The smallest absolute Gasteiger partial charge is 0.119 e. The van der Waals surface area contributed by atoms with Crippen LogP contribution in [-0.4, -0.2) is 60.1 Å². The van der Waals surface area contributed by atoms with Gasteiger partial charge in [0, 0.05) is 10.8 Å². The first-order valence-electron chi connectivity index (χ1n) is 14.4. The molecule has 0 saturated carbocycles. The van der Waals surface area contributed by atoms with E-state index in [9.17, 15) is 10.2 Å². The second-order valence-corrected chi connectivity index (χ2v) is 11.1. The van der Waals surface area contributed by atoms with Gasteiger partial charge in [0.25, 0.3) is 0 Å². The van der Waals surface area contributed by atoms with Crippen molar-refractivity contribution in [2.45, 2.75) is 46.0 Å². The Morgan fingerprint density at radius 1 is 0.523 bits per heavy atom. The fourth-order valence-corrected chi connectivity index (χ4v) is 4.35. The van der Waals surface area contributed by atoms with Crippen molar-refractivity contribution in [3.05, 3.63) is 119 Å². The average molecular weight is 605 g/mol. The Morgan fingerprint density at radius 2 is 0.773 bits per heavy atom. The van der Waals surface area contributed by atoms with E-state index < -0.39 is 0 Å². The monoisotopic (exact) mass is 604 g/mol. The summed E-state index contributed by atoms with van der Waals surface area (Å²) in [7, 11) is 0. The number of aromatic hydroxyl groups is 2. The highest BCUT2D eigenvalue weighted by molar-refractivity contribution is 5.43. The summed E-state index contributed by atoms with van der Waals surface area (Å²) >= 11 is 0. The lowest BCUT2D eigenvalue weighted by atomic mass is 9.78. The number of hydrogen-bond donors (Lipinski definition) is 4. The van der Waals surface area contributed by atoms with Crippen molar-refractivity contribution in [2.24, 2.45) is 0 Å². The maximum absolute atomic E-state index is 9.30. The summed E-state index contributed by atoms with van der Waals surface area (Å²) in [6, 6.07) is 30.3. The molecule has 0 amide bonds. The van der Waals surface area contributed by atoms with E-state index in [1.54, 1.807) is 24.3 Å². The minimum atomic E-state index is -0.151. The minimum Gasteiger partial charge on any atom is -0.508 e. The van der Waals surface area contributed by atoms with Crippen LogP contribution in [0.4, 0.5) is 0 Å². The van der Waals surface area contributed by atoms with Crippen molar-refractivity contribution in [3.8, 4) is 23.0 Å². The molecule has 0 radical (unpaired) electrons. The first-order valence-corrected chi connectivity index (χ1v) is 14.4. The Hall–Kier alpha value is -4.04. The van der Waals surface area contributed by atoms with E-state index in [1.807, 2.05) is 72.8 Å². The first-order chi connectivity index (χ1) is 20.6. The summed E-state index contributed by atoms with van der Waals surface area (Å²) in [5, 5.41) is 36.2. The summed E-state index contributed by atoms with van der Waals surface area (Å²) in [5.41, 5.74) is 4.31. The first kappa shape index (κ1) is 36.2. The van der Waals surface area contributed by atoms with Gasteiger partial charge in [0.15, 0.2) is 0 Å². The molecule has 0 spiro atoms. The lowest BCUT2D eigenvalue weighted by Gasteiger charge is -2.26. The number of epoxide rings is 1. The van der Waals surface area contributed by atoms with E-state index in [0.717, 1.165) is 35.8 Å². The number of benzene rings is 4. The number of ether oxygens (including phenoxy) is 3. The molecule has 0 bridgehead atoms. The van der Waals surface area contributed by atoms with Crippen LogP contribution in [-0.2, 0) is 15.6 Å². The zero-order valence-electron chi connectivity index (χ0n) is 25.5. The van der Waals surface area contributed by atoms with E-state index in [-0.39, 0.29) is 43.0 Å². The molecule has 4 aromatic rings. The van der Waals surface area contributed by atoms with E-state index in [4.69, 9.17) is 19.7 Å². The number of aliphatic hydroxyl groups is 2. The molecule has 1 aliphatic heterocycles. The molecule has 238 valence electrons. The molecule has 0 aliphatic carbocycles. The molecule has 4 N–H and O–H groups in total. The molecule has 4 aromatic carbocycles. The van der Waals surface area contributed by atoms with Crippen molar-refractivity contribution in [1.82, 2.24) is 0 Å². The van der Waals surface area contributed by atoms with Gasteiger partial charge < -0.3 is 34.6 Å². The van der Waals surface area contributed by atoms with E-state index in [0.29, 0.717) is 13.2 Å². The van der Waals surface area contributed by atoms with Gasteiger partial charge in [-0.15, -0.1) is 0 Å². The third-order valence-corrected chi connectivity index (χ3v) is 7.25. The number of phenols is 2. The highest BCUT2D eigenvalue weighted by atomic mass is 16.6. The Bertz CT molecular complexity index is 1240. The Kier molecular flexibility index (Phi) is 14.2. The lowest BCUT2D eigenvalue weighted by molar-refractivity contribution is 0.201. The molecule has 44 heavy (non-hydrogen) atoms. The zero-order valence-corrected chi connectivity index (χ0v) is 25.5. The number of phenolic OH excluding ortho intramolecular Hbond substituents is 2. The van der Waals surface area contributed by atoms with E-state index in [2.05, 4.69) is 32.4 Å². The van der Waals surface area contributed by atoms with Crippen LogP contribution in [0.1, 0.15) is 57.4 Å². The fraction of sp³-hybridized carbons (Fsp3) is 0.351. The van der Waals surface area contributed by atoms with Crippen LogP contribution >= 0.6 is 0 Å². The number of aliphatic hydroxyl groups excluding tert-OH is 2. The number of rotatable bonds is 10. The van der Waals surface area contributed by atoms with Crippen molar-refractivity contribution in [2.75, 3.05) is 39.6 Å². The van der Waals surface area contributed by atoms with Crippen molar-refractivity contribution < 1.29 is 34.6 Å². The van der Waals surface area contributed by atoms with Crippen LogP contribution < -0.4 is 9.47 Å². The summed E-state index contributed by atoms with van der Waals surface area (Å²) in [6.45, 7) is 11.2. The SMILES string of the molecule is C.C1CO1.CC(C)(c1ccc(O)cc1)c1ccc(O)cc1.CC(C)(c1ccc(OCCO)cc1)c1ccc(OCCO)cc1. The van der Waals surface area contributed by atoms with Gasteiger partial charge in [-0.25, -0.2) is 0 Å². The van der Waals surface area contributed by atoms with Gasteiger partial charge in [0.1, 0.15) is 36.2 Å². The summed E-state index contributed by atoms with van der Waals surface area (Å²) in [6.07, 6.45) is 0. The molecule has 1 heterocycles. The Morgan fingerprint density at radius 3 is 1.00 bits per heavy atom. The third kappa shape index (κ3) is 10.9. The van der Waals surface area contributed by atoms with Gasteiger partial charge in [0.2, 0.25) is 0 Å². The zero-order chi connectivity index (χ0) is 31.3. The van der Waals surface area contributed by atoms with Crippen LogP contribution in [0.25, 0.3) is 0 Å². The summed E-state index contributed by atoms with van der Waals surface area (Å²) < 4.78 is 15.3. The van der Waals surface area contributed by atoms with Gasteiger partial charge in [0.05, 0.1) is 26.4 Å². The third-order valence-electron chi connectivity index (χ3n) is 7.25. The predicted octanol–water partition coefficient (Wildman–Crippen LogP) is 6.83. The molecule has 7 nitrogen and oxygen atoms in total. The van der Waals surface area contributed by atoms with Crippen molar-refractivity contribution in [3.63, 3.8) is 0 Å². The van der Waals surface area contributed by atoms with Gasteiger partial charge in [-0.1, -0.05) is 83.7 Å². The molecule has 0 unspecified atom stereocenters. The largest absolute Gasteiger partial charge is 0.508 e.